The summed E-state index contributed by atoms with van der Waals surface area (Å²) in [7, 11) is 0. The van der Waals surface area contributed by atoms with Crippen LogP contribution in [0.25, 0.3) is 0 Å². The molecule has 0 N–H and O–H groups in total. The molecule has 0 radical (unpaired) electrons. The smallest absolute Gasteiger partial charge is 0.185 e. The van der Waals surface area contributed by atoms with Crippen molar-refractivity contribution in [2.75, 3.05) is 0 Å². The van der Waals surface area contributed by atoms with Gasteiger partial charge in [-0.1, -0.05) is 46.9 Å². The van der Waals surface area contributed by atoms with Crippen LogP contribution in [0.15, 0.2) is 42.5 Å². The van der Waals surface area contributed by atoms with E-state index in [2.05, 4.69) is 0 Å². The van der Waals surface area contributed by atoms with Crippen LogP contribution in [-0.2, 0) is 0 Å². The zero-order valence-corrected chi connectivity index (χ0v) is 12.4. The zero-order valence-electron chi connectivity index (χ0n) is 10.1. The minimum atomic E-state index is -0.925. The first-order valence-corrected chi connectivity index (χ1v) is 6.80. The van der Waals surface area contributed by atoms with Gasteiger partial charge in [-0.25, -0.2) is 0 Å². The van der Waals surface area contributed by atoms with Crippen molar-refractivity contribution in [2.24, 2.45) is 0 Å². The number of benzene rings is 2. The number of carbonyl (C=O) groups excluding carboxylic acids is 1. The molecule has 0 fully saturated rings. The Kier molecular flexibility index (Phi) is 4.67. The molecule has 1 unspecified atom stereocenters. The van der Waals surface area contributed by atoms with Crippen LogP contribution in [0.4, 0.5) is 0 Å². The molecule has 100 valence electrons. The van der Waals surface area contributed by atoms with Crippen LogP contribution in [0.5, 0.6) is 0 Å². The van der Waals surface area contributed by atoms with E-state index in [1.54, 1.807) is 30.3 Å². The van der Waals surface area contributed by atoms with Crippen molar-refractivity contribution >= 4 is 40.6 Å². The number of Topliss-reactive ketones (excluding diaryl/α,β-unsaturated/α-hetero) is 1. The molecule has 0 amide bonds. The summed E-state index contributed by atoms with van der Waals surface area (Å²) in [4.78, 5) is 12.4. The largest absolute Gasteiger partial charge is 0.292 e. The van der Waals surface area contributed by atoms with Gasteiger partial charge in [0.2, 0.25) is 0 Å². The fourth-order valence-electron chi connectivity index (χ4n) is 1.78. The Balaban J connectivity index is 2.39. The Morgan fingerprint density at radius 3 is 2.15 bits per heavy atom. The molecule has 1 atom stereocenters. The van der Waals surface area contributed by atoms with Crippen LogP contribution in [0, 0.1) is 11.3 Å². The minimum absolute atomic E-state index is 0.233. The van der Waals surface area contributed by atoms with Gasteiger partial charge in [-0.2, -0.15) is 5.26 Å². The zero-order chi connectivity index (χ0) is 14.7. The number of nitrogens with zero attached hydrogens (tertiary/aromatic N) is 1. The molecule has 0 saturated carbocycles. The fraction of sp³-hybridized carbons (Fsp3) is 0.0667. The van der Waals surface area contributed by atoms with Crippen LogP contribution in [0.3, 0.4) is 0 Å². The van der Waals surface area contributed by atoms with Crippen molar-refractivity contribution < 1.29 is 4.79 Å². The summed E-state index contributed by atoms with van der Waals surface area (Å²) >= 11 is 17.6. The predicted molar refractivity (Wildman–Crippen MR) is 80.6 cm³/mol. The molecule has 0 spiro atoms. The van der Waals surface area contributed by atoms with Gasteiger partial charge in [0.05, 0.1) is 11.1 Å². The van der Waals surface area contributed by atoms with E-state index in [-0.39, 0.29) is 16.4 Å². The Morgan fingerprint density at radius 2 is 1.60 bits per heavy atom. The monoisotopic (exact) mass is 323 g/mol. The van der Waals surface area contributed by atoms with Crippen LogP contribution < -0.4 is 0 Å². The molecular formula is C15H8Cl3NO. The van der Waals surface area contributed by atoms with E-state index in [9.17, 15) is 10.1 Å². The minimum Gasteiger partial charge on any atom is -0.292 e. The van der Waals surface area contributed by atoms with Crippen LogP contribution >= 0.6 is 34.8 Å². The van der Waals surface area contributed by atoms with Crippen LogP contribution in [0.1, 0.15) is 21.8 Å². The normalized spacial score (nSPS) is 11.7. The van der Waals surface area contributed by atoms with Gasteiger partial charge < -0.3 is 0 Å². The third-order valence-corrected chi connectivity index (χ3v) is 3.59. The highest BCUT2D eigenvalue weighted by atomic mass is 35.5. The van der Waals surface area contributed by atoms with Gasteiger partial charge in [0.25, 0.3) is 0 Å². The van der Waals surface area contributed by atoms with Crippen molar-refractivity contribution in [3.63, 3.8) is 0 Å². The summed E-state index contributed by atoms with van der Waals surface area (Å²) < 4.78 is 0. The number of hydrogen-bond donors (Lipinski definition) is 0. The molecule has 0 aliphatic rings. The number of hydrogen-bond acceptors (Lipinski definition) is 2. The van der Waals surface area contributed by atoms with E-state index in [1.165, 1.54) is 12.1 Å². The fourth-order valence-corrected chi connectivity index (χ4v) is 2.41. The topological polar surface area (TPSA) is 40.9 Å². The third-order valence-electron chi connectivity index (χ3n) is 2.79. The van der Waals surface area contributed by atoms with Gasteiger partial charge in [-0.3, -0.25) is 4.79 Å². The molecule has 2 aromatic carbocycles. The first-order chi connectivity index (χ1) is 9.52. The van der Waals surface area contributed by atoms with Gasteiger partial charge in [-0.15, -0.1) is 0 Å². The highest BCUT2D eigenvalue weighted by Gasteiger charge is 2.23. The van der Waals surface area contributed by atoms with Gasteiger partial charge >= 0.3 is 0 Å². The molecule has 2 aromatic rings. The molecule has 0 saturated heterocycles. The molecule has 2 rings (SSSR count). The number of ketones is 1. The lowest BCUT2D eigenvalue weighted by molar-refractivity contribution is 0.0979. The van der Waals surface area contributed by atoms with E-state index in [0.717, 1.165) is 0 Å². The molecule has 0 aliphatic carbocycles. The molecule has 20 heavy (non-hydrogen) atoms. The molecule has 0 heterocycles. The lowest BCUT2D eigenvalue weighted by atomic mass is 9.92. The first kappa shape index (κ1) is 14.9. The molecule has 0 aliphatic heterocycles. The maximum absolute atomic E-state index is 12.4. The lowest BCUT2D eigenvalue weighted by Gasteiger charge is -2.10. The SMILES string of the molecule is N#CC(C(=O)c1ccc(Cl)cc1Cl)c1ccc(Cl)cc1. The number of halogens is 3. The van der Waals surface area contributed by atoms with Crippen LogP contribution in [-0.4, -0.2) is 5.78 Å². The highest BCUT2D eigenvalue weighted by molar-refractivity contribution is 6.37. The number of rotatable bonds is 3. The van der Waals surface area contributed by atoms with Crippen molar-refractivity contribution in [3.8, 4) is 6.07 Å². The second-order valence-electron chi connectivity index (χ2n) is 4.10. The van der Waals surface area contributed by atoms with Crippen molar-refractivity contribution in [1.82, 2.24) is 0 Å². The van der Waals surface area contributed by atoms with E-state index in [4.69, 9.17) is 34.8 Å². The van der Waals surface area contributed by atoms with E-state index in [0.29, 0.717) is 15.6 Å². The highest BCUT2D eigenvalue weighted by Crippen LogP contribution is 2.27. The summed E-state index contributed by atoms with van der Waals surface area (Å²) in [6, 6.07) is 13.1. The Bertz CT molecular complexity index is 689. The van der Waals surface area contributed by atoms with Gasteiger partial charge in [-0.05, 0) is 35.9 Å². The first-order valence-electron chi connectivity index (χ1n) is 5.67. The molecule has 0 aromatic heterocycles. The molecular weight excluding hydrogens is 317 g/mol. The maximum atomic E-state index is 12.4. The van der Waals surface area contributed by atoms with E-state index >= 15 is 0 Å². The van der Waals surface area contributed by atoms with Crippen LogP contribution in [0.2, 0.25) is 15.1 Å². The van der Waals surface area contributed by atoms with E-state index in [1.807, 2.05) is 6.07 Å². The van der Waals surface area contributed by atoms with Crippen molar-refractivity contribution in [2.45, 2.75) is 5.92 Å². The van der Waals surface area contributed by atoms with Gasteiger partial charge in [0, 0.05) is 15.6 Å². The second kappa shape index (κ2) is 6.28. The average molecular weight is 325 g/mol. The summed E-state index contributed by atoms with van der Waals surface area (Å²) in [5.41, 5.74) is 0.852. The standard InChI is InChI=1S/C15H8Cl3NO/c16-10-3-1-9(2-4-10)13(8-19)15(20)12-6-5-11(17)7-14(12)18/h1-7,13H. The Labute approximate surface area is 131 Å². The molecule has 0 bridgehead atoms. The average Bonchev–Trinajstić information content (AvgIpc) is 2.41. The maximum Gasteiger partial charge on any atom is 0.185 e. The molecule has 2 nitrogen and oxygen atoms in total. The van der Waals surface area contributed by atoms with Crippen molar-refractivity contribution in [3.05, 3.63) is 68.7 Å². The van der Waals surface area contributed by atoms with Gasteiger partial charge in [0.15, 0.2) is 5.78 Å². The van der Waals surface area contributed by atoms with Crippen molar-refractivity contribution in [1.29, 1.82) is 5.26 Å². The second-order valence-corrected chi connectivity index (χ2v) is 5.38. The van der Waals surface area contributed by atoms with E-state index < -0.39 is 5.92 Å². The predicted octanol–water partition coefficient (Wildman–Crippen LogP) is 5.14. The quantitative estimate of drug-likeness (QED) is 0.734. The summed E-state index contributed by atoms with van der Waals surface area (Å²) in [6.45, 7) is 0. The Hall–Kier alpha value is -1.53. The molecule has 5 heteroatoms. The Morgan fingerprint density at radius 1 is 1.00 bits per heavy atom. The lowest BCUT2D eigenvalue weighted by Crippen LogP contribution is -2.11. The summed E-state index contributed by atoms with van der Waals surface area (Å²) in [5.74, 6) is -1.29. The summed E-state index contributed by atoms with van der Waals surface area (Å²) in [6.07, 6.45) is 0. The number of nitriles is 1. The van der Waals surface area contributed by atoms with Gasteiger partial charge in [0.1, 0.15) is 5.92 Å². The number of carbonyl (C=O) groups is 1. The third kappa shape index (κ3) is 3.13. The summed E-state index contributed by atoms with van der Waals surface area (Å²) in [5, 5.41) is 10.5.